The quantitative estimate of drug-likeness (QED) is 0.887. The lowest BCUT2D eigenvalue weighted by Crippen LogP contribution is -2.42. The molecule has 1 amide bonds. The molecule has 0 saturated heterocycles. The molecule has 0 fully saturated rings. The topological polar surface area (TPSA) is 79.0 Å². The Labute approximate surface area is 127 Å². The van der Waals surface area contributed by atoms with E-state index < -0.39 is 0 Å². The van der Waals surface area contributed by atoms with Crippen LogP contribution in [0.2, 0.25) is 0 Å². The maximum atomic E-state index is 12.6. The molecule has 2 heterocycles. The summed E-state index contributed by atoms with van der Waals surface area (Å²) in [6.07, 6.45) is 1.56. The van der Waals surface area contributed by atoms with Gasteiger partial charge in [-0.25, -0.2) is 5.43 Å². The van der Waals surface area contributed by atoms with Gasteiger partial charge in [-0.15, -0.1) is 10.2 Å². The second-order valence-electron chi connectivity index (χ2n) is 4.84. The fourth-order valence-corrected chi connectivity index (χ4v) is 2.23. The summed E-state index contributed by atoms with van der Waals surface area (Å²) in [4.78, 5) is 15.8. The number of benzene rings is 1. The smallest absolute Gasteiger partial charge is 0.293 e. The summed E-state index contributed by atoms with van der Waals surface area (Å²) in [7, 11) is 2.97. The van der Waals surface area contributed by atoms with Gasteiger partial charge < -0.3 is 14.5 Å². The van der Waals surface area contributed by atoms with E-state index in [9.17, 15) is 4.79 Å². The van der Waals surface area contributed by atoms with E-state index in [2.05, 4.69) is 15.5 Å². The van der Waals surface area contributed by atoms with Gasteiger partial charge in [0, 0.05) is 16.8 Å². The number of hydrazone groups is 1. The summed E-state index contributed by atoms with van der Waals surface area (Å²) in [6, 6.07) is 7.46. The number of carbonyl (C=O) groups is 1. The van der Waals surface area contributed by atoms with Crippen LogP contribution in [0, 0.1) is 6.92 Å². The maximum absolute atomic E-state index is 12.6. The standard InChI is InChI=1S/C15H16N4O3/c1-9-6-10-4-5-11(7-12(10)16-9)15(20)19-17-13(21-2)8-14(18-19)22-3/h4-8,16-17H,1-3H3. The third-order valence-corrected chi connectivity index (χ3v) is 3.29. The van der Waals surface area contributed by atoms with Crippen LogP contribution in [0.5, 0.6) is 0 Å². The minimum absolute atomic E-state index is 0.278. The van der Waals surface area contributed by atoms with Gasteiger partial charge in [0.2, 0.25) is 11.8 Å². The van der Waals surface area contributed by atoms with Crippen molar-refractivity contribution in [1.82, 2.24) is 15.5 Å². The van der Waals surface area contributed by atoms with E-state index >= 15 is 0 Å². The van der Waals surface area contributed by atoms with Gasteiger partial charge in [-0.05, 0) is 30.5 Å². The molecule has 0 spiro atoms. The molecule has 1 aliphatic heterocycles. The first-order valence-electron chi connectivity index (χ1n) is 6.69. The van der Waals surface area contributed by atoms with Gasteiger partial charge in [0.15, 0.2) is 0 Å². The van der Waals surface area contributed by atoms with Crippen LogP contribution in [0.3, 0.4) is 0 Å². The summed E-state index contributed by atoms with van der Waals surface area (Å²) < 4.78 is 10.2. The number of carbonyl (C=O) groups excluding carboxylic acids is 1. The number of hydrogen-bond donors (Lipinski definition) is 2. The van der Waals surface area contributed by atoms with Crippen molar-refractivity contribution in [1.29, 1.82) is 0 Å². The second kappa shape index (κ2) is 5.44. The molecule has 2 aromatic rings. The first-order valence-corrected chi connectivity index (χ1v) is 6.69. The lowest BCUT2D eigenvalue weighted by molar-refractivity contribution is 0.0607. The molecule has 22 heavy (non-hydrogen) atoms. The number of aryl methyl sites for hydroxylation is 1. The van der Waals surface area contributed by atoms with Crippen molar-refractivity contribution in [2.45, 2.75) is 6.92 Å². The SMILES string of the molecule is COC1=CC(OC)=NN(C(=O)c2ccc3cc(C)[nH]c3c2)N1. The molecular weight excluding hydrogens is 284 g/mol. The highest BCUT2D eigenvalue weighted by Gasteiger charge is 2.22. The first-order chi connectivity index (χ1) is 10.6. The average Bonchev–Trinajstić information content (AvgIpc) is 2.92. The number of H-pyrrole nitrogens is 1. The van der Waals surface area contributed by atoms with Crippen LogP contribution in [-0.4, -0.2) is 36.1 Å². The Hall–Kier alpha value is -2.96. The number of nitrogens with one attached hydrogen (secondary N) is 2. The number of nitrogens with zero attached hydrogens (tertiary/aromatic N) is 2. The maximum Gasteiger partial charge on any atom is 0.293 e. The molecule has 0 unspecified atom stereocenters. The van der Waals surface area contributed by atoms with Crippen LogP contribution in [0.1, 0.15) is 16.1 Å². The third-order valence-electron chi connectivity index (χ3n) is 3.29. The van der Waals surface area contributed by atoms with Crippen molar-refractivity contribution in [2.75, 3.05) is 14.2 Å². The molecule has 1 aromatic carbocycles. The molecule has 2 N–H and O–H groups in total. The highest BCUT2D eigenvalue weighted by atomic mass is 16.5. The van der Waals surface area contributed by atoms with Gasteiger partial charge in [-0.2, -0.15) is 0 Å². The lowest BCUT2D eigenvalue weighted by Gasteiger charge is -2.23. The molecule has 7 heteroatoms. The number of aromatic amines is 1. The molecule has 0 bridgehead atoms. The Morgan fingerprint density at radius 2 is 2.05 bits per heavy atom. The molecule has 1 aromatic heterocycles. The fraction of sp³-hybridized carbons (Fsp3) is 0.200. The minimum Gasteiger partial charge on any atom is -0.481 e. The van der Waals surface area contributed by atoms with E-state index in [0.29, 0.717) is 11.4 Å². The predicted molar refractivity (Wildman–Crippen MR) is 81.9 cm³/mol. The number of rotatable bonds is 2. The molecule has 0 aliphatic carbocycles. The van der Waals surface area contributed by atoms with E-state index in [1.165, 1.54) is 14.2 Å². The van der Waals surface area contributed by atoms with Gasteiger partial charge in [0.25, 0.3) is 5.91 Å². The number of ether oxygens (including phenoxy) is 2. The molecule has 0 atom stereocenters. The van der Waals surface area contributed by atoms with Crippen molar-refractivity contribution in [3.63, 3.8) is 0 Å². The summed E-state index contributed by atoms with van der Waals surface area (Å²) in [5, 5.41) is 6.21. The zero-order valence-corrected chi connectivity index (χ0v) is 12.5. The van der Waals surface area contributed by atoms with Crippen LogP contribution in [0.15, 0.2) is 41.3 Å². The van der Waals surface area contributed by atoms with E-state index in [1.807, 2.05) is 19.1 Å². The Kier molecular flexibility index (Phi) is 3.46. The average molecular weight is 300 g/mol. The van der Waals surface area contributed by atoms with Crippen molar-refractivity contribution in [3.8, 4) is 0 Å². The van der Waals surface area contributed by atoms with E-state index in [0.717, 1.165) is 21.7 Å². The first kappa shape index (κ1) is 14.0. The van der Waals surface area contributed by atoms with Crippen LogP contribution < -0.4 is 5.43 Å². The van der Waals surface area contributed by atoms with E-state index in [-0.39, 0.29) is 11.8 Å². The summed E-state index contributed by atoms with van der Waals surface area (Å²) in [6.45, 7) is 1.97. The number of hydrogen-bond acceptors (Lipinski definition) is 5. The van der Waals surface area contributed by atoms with Gasteiger partial charge in [-0.3, -0.25) is 4.79 Å². The van der Waals surface area contributed by atoms with Crippen molar-refractivity contribution < 1.29 is 14.3 Å². The minimum atomic E-state index is -0.314. The third kappa shape index (κ3) is 2.48. The largest absolute Gasteiger partial charge is 0.481 e. The molecule has 7 nitrogen and oxygen atoms in total. The predicted octanol–water partition coefficient (Wildman–Crippen LogP) is 1.88. The number of amides is 1. The number of aromatic nitrogens is 1. The number of hydrazine groups is 1. The van der Waals surface area contributed by atoms with E-state index in [4.69, 9.17) is 9.47 Å². The summed E-state index contributed by atoms with van der Waals surface area (Å²) in [5.41, 5.74) is 5.21. The van der Waals surface area contributed by atoms with Crippen molar-refractivity contribution in [2.24, 2.45) is 5.10 Å². The van der Waals surface area contributed by atoms with Crippen LogP contribution >= 0.6 is 0 Å². The number of methoxy groups -OCH3 is 2. The zero-order chi connectivity index (χ0) is 15.7. The highest BCUT2D eigenvalue weighted by molar-refractivity contribution is 5.99. The van der Waals surface area contributed by atoms with Crippen LogP contribution in [0.4, 0.5) is 0 Å². The second-order valence-corrected chi connectivity index (χ2v) is 4.84. The van der Waals surface area contributed by atoms with Gasteiger partial charge in [0.05, 0.1) is 20.3 Å². The van der Waals surface area contributed by atoms with Crippen LogP contribution in [-0.2, 0) is 9.47 Å². The van der Waals surface area contributed by atoms with Gasteiger partial charge >= 0.3 is 0 Å². The molecule has 1 aliphatic rings. The summed E-state index contributed by atoms with van der Waals surface area (Å²) >= 11 is 0. The Balaban J connectivity index is 1.91. The molecule has 114 valence electrons. The number of fused-ring (bicyclic) bond motifs is 1. The molecule has 0 radical (unpaired) electrons. The molecule has 0 saturated carbocycles. The molecule has 3 rings (SSSR count). The van der Waals surface area contributed by atoms with Crippen molar-refractivity contribution in [3.05, 3.63) is 47.5 Å². The van der Waals surface area contributed by atoms with Gasteiger partial charge in [-0.1, -0.05) is 6.07 Å². The van der Waals surface area contributed by atoms with Crippen LogP contribution in [0.25, 0.3) is 10.9 Å². The zero-order valence-electron chi connectivity index (χ0n) is 12.5. The monoisotopic (exact) mass is 300 g/mol. The van der Waals surface area contributed by atoms with E-state index in [1.54, 1.807) is 18.2 Å². The Morgan fingerprint density at radius 3 is 2.77 bits per heavy atom. The highest BCUT2D eigenvalue weighted by Crippen LogP contribution is 2.18. The summed E-state index contributed by atoms with van der Waals surface area (Å²) in [5.74, 6) is 0.337. The molecular formula is C15H16N4O3. The van der Waals surface area contributed by atoms with Gasteiger partial charge in [0.1, 0.15) is 0 Å². The van der Waals surface area contributed by atoms with Crippen molar-refractivity contribution >= 4 is 22.7 Å². The fourth-order valence-electron chi connectivity index (χ4n) is 2.23. The lowest BCUT2D eigenvalue weighted by atomic mass is 10.1. The normalized spacial score (nSPS) is 14.2. The Bertz CT molecular complexity index is 791. The Morgan fingerprint density at radius 1 is 1.23 bits per heavy atom.